The van der Waals surface area contributed by atoms with Gasteiger partial charge in [-0.3, -0.25) is 0 Å². The van der Waals surface area contributed by atoms with E-state index in [9.17, 15) is 0 Å². The van der Waals surface area contributed by atoms with E-state index in [4.69, 9.17) is 20.3 Å². The van der Waals surface area contributed by atoms with Crippen LogP contribution in [0.4, 0.5) is 0 Å². The van der Waals surface area contributed by atoms with Crippen LogP contribution in [0.25, 0.3) is 0 Å². The molecule has 0 aromatic carbocycles. The van der Waals surface area contributed by atoms with Crippen molar-refractivity contribution in [3.8, 4) is 0 Å². The van der Waals surface area contributed by atoms with Crippen LogP contribution in [-0.4, -0.2) is 34.4 Å². The molecule has 0 amide bonds. The minimum atomic E-state index is -1.97. The molecule has 0 aromatic rings. The molecule has 5 heteroatoms. The molecule has 4 nitrogen and oxygen atoms in total. The van der Waals surface area contributed by atoms with Crippen LogP contribution in [0, 0.1) is 0 Å². The van der Waals surface area contributed by atoms with Gasteiger partial charge in [-0.1, -0.05) is 0 Å². The second-order valence-corrected chi connectivity index (χ2v) is 6.53. The second kappa shape index (κ2) is 5.66. The van der Waals surface area contributed by atoms with Gasteiger partial charge >= 0.3 is 8.56 Å². The summed E-state index contributed by atoms with van der Waals surface area (Å²) in [7, 11) is -1.97. The molecule has 0 aromatic heterocycles. The Labute approximate surface area is 75.5 Å². The Morgan fingerprint density at radius 1 is 1.33 bits per heavy atom. The summed E-state index contributed by atoms with van der Waals surface area (Å²) >= 11 is 0. The number of rotatable bonds is 6. The summed E-state index contributed by atoms with van der Waals surface area (Å²) in [5, 5.41) is 0. The molecule has 12 heavy (non-hydrogen) atoms. The molecule has 1 atom stereocenters. The van der Waals surface area contributed by atoms with Crippen molar-refractivity contribution >= 4 is 8.56 Å². The van der Waals surface area contributed by atoms with Gasteiger partial charge in [-0.25, -0.2) is 0 Å². The van der Waals surface area contributed by atoms with Crippen LogP contribution in [0.1, 0.15) is 6.92 Å². The largest absolute Gasteiger partial charge is 0.393 e. The Morgan fingerprint density at radius 3 is 2.33 bits per heavy atom. The molecular formula is C7H20N2O2Si. The van der Waals surface area contributed by atoms with Crippen LogP contribution in [0.5, 0.6) is 0 Å². The molecule has 0 aliphatic rings. The third-order valence-electron chi connectivity index (χ3n) is 1.38. The van der Waals surface area contributed by atoms with E-state index in [1.807, 2.05) is 20.0 Å². The molecule has 0 saturated carbocycles. The summed E-state index contributed by atoms with van der Waals surface area (Å²) in [6.07, 6.45) is 0.0736. The van der Waals surface area contributed by atoms with Gasteiger partial charge in [-0.2, -0.15) is 0 Å². The molecule has 0 aliphatic heterocycles. The highest BCUT2D eigenvalue weighted by Crippen LogP contribution is 2.08. The average Bonchev–Trinajstić information content (AvgIpc) is 2.00. The number of hydrogen-bond donors (Lipinski definition) is 2. The predicted octanol–water partition coefficient (Wildman–Crippen LogP) is 0.0273. The summed E-state index contributed by atoms with van der Waals surface area (Å²) in [5.41, 5.74) is 10.7. The average molecular weight is 192 g/mol. The Hall–Kier alpha value is 0.0569. The van der Waals surface area contributed by atoms with Crippen LogP contribution in [0.2, 0.25) is 13.1 Å². The standard InChI is InChI=1S/C7H20N2O2Si/c1-7(6-9)11-12(2,3)10-5-4-8/h7H,4-6,8-9H2,1-3H3. The Kier molecular flexibility index (Phi) is 5.69. The monoisotopic (exact) mass is 192 g/mol. The van der Waals surface area contributed by atoms with E-state index in [-0.39, 0.29) is 6.10 Å². The highest BCUT2D eigenvalue weighted by atomic mass is 28.4. The lowest BCUT2D eigenvalue weighted by atomic mass is 10.4. The van der Waals surface area contributed by atoms with Gasteiger partial charge in [-0.15, -0.1) is 0 Å². The first-order valence-corrected chi connectivity index (χ1v) is 7.05. The quantitative estimate of drug-likeness (QED) is 0.582. The molecule has 0 saturated heterocycles. The summed E-state index contributed by atoms with van der Waals surface area (Å²) < 4.78 is 11.1. The molecule has 1 unspecified atom stereocenters. The van der Waals surface area contributed by atoms with Gasteiger partial charge in [0.05, 0.1) is 6.10 Å². The first-order chi connectivity index (χ1) is 5.52. The maximum Gasteiger partial charge on any atom is 0.332 e. The summed E-state index contributed by atoms with van der Waals surface area (Å²) in [5.74, 6) is 0. The number of hydrogen-bond acceptors (Lipinski definition) is 4. The van der Waals surface area contributed by atoms with Crippen LogP contribution in [-0.2, 0) is 8.85 Å². The zero-order valence-electron chi connectivity index (χ0n) is 8.17. The van der Waals surface area contributed by atoms with Crippen molar-refractivity contribution in [1.29, 1.82) is 0 Å². The van der Waals surface area contributed by atoms with Crippen molar-refractivity contribution in [2.45, 2.75) is 26.1 Å². The smallest absolute Gasteiger partial charge is 0.332 e. The fourth-order valence-electron chi connectivity index (χ4n) is 0.871. The zero-order valence-corrected chi connectivity index (χ0v) is 9.17. The highest BCUT2D eigenvalue weighted by Gasteiger charge is 2.26. The Morgan fingerprint density at radius 2 is 1.92 bits per heavy atom. The lowest BCUT2D eigenvalue weighted by molar-refractivity contribution is 0.138. The van der Waals surface area contributed by atoms with E-state index in [0.717, 1.165) is 0 Å². The van der Waals surface area contributed by atoms with Gasteiger partial charge in [0, 0.05) is 19.7 Å². The van der Waals surface area contributed by atoms with Crippen molar-refractivity contribution in [3.05, 3.63) is 0 Å². The van der Waals surface area contributed by atoms with Gasteiger partial charge in [0.25, 0.3) is 0 Å². The maximum atomic E-state index is 5.63. The molecule has 0 bridgehead atoms. The van der Waals surface area contributed by atoms with Crippen LogP contribution in [0.3, 0.4) is 0 Å². The second-order valence-electron chi connectivity index (χ2n) is 3.20. The van der Waals surface area contributed by atoms with Crippen molar-refractivity contribution < 1.29 is 8.85 Å². The van der Waals surface area contributed by atoms with E-state index in [1.54, 1.807) is 0 Å². The fraction of sp³-hybridized carbons (Fsp3) is 1.00. The van der Waals surface area contributed by atoms with Gasteiger partial charge in [-0.05, 0) is 20.0 Å². The summed E-state index contributed by atoms with van der Waals surface area (Å²) in [6.45, 7) is 7.57. The van der Waals surface area contributed by atoms with Gasteiger partial charge in [0.1, 0.15) is 0 Å². The first kappa shape index (κ1) is 12.1. The van der Waals surface area contributed by atoms with E-state index in [2.05, 4.69) is 0 Å². The molecule has 0 heterocycles. The molecule has 4 N–H and O–H groups in total. The van der Waals surface area contributed by atoms with Crippen LogP contribution in [0.15, 0.2) is 0 Å². The van der Waals surface area contributed by atoms with Crippen LogP contribution >= 0.6 is 0 Å². The molecule has 0 aliphatic carbocycles. The minimum Gasteiger partial charge on any atom is -0.393 e. The summed E-state index contributed by atoms with van der Waals surface area (Å²) in [6, 6.07) is 0. The molecular weight excluding hydrogens is 172 g/mol. The van der Waals surface area contributed by atoms with E-state index < -0.39 is 8.56 Å². The summed E-state index contributed by atoms with van der Waals surface area (Å²) in [4.78, 5) is 0. The lowest BCUT2D eigenvalue weighted by Gasteiger charge is -2.25. The van der Waals surface area contributed by atoms with Crippen LogP contribution < -0.4 is 11.5 Å². The highest BCUT2D eigenvalue weighted by molar-refractivity contribution is 6.64. The molecule has 0 spiro atoms. The zero-order chi connectivity index (χ0) is 9.61. The lowest BCUT2D eigenvalue weighted by Crippen LogP contribution is -2.41. The molecule has 0 fully saturated rings. The first-order valence-electron chi connectivity index (χ1n) is 4.23. The molecule has 74 valence electrons. The van der Waals surface area contributed by atoms with E-state index in [0.29, 0.717) is 19.7 Å². The van der Waals surface area contributed by atoms with Gasteiger partial charge in [0.15, 0.2) is 0 Å². The van der Waals surface area contributed by atoms with Crippen molar-refractivity contribution in [2.24, 2.45) is 11.5 Å². The van der Waals surface area contributed by atoms with E-state index >= 15 is 0 Å². The van der Waals surface area contributed by atoms with Gasteiger partial charge in [0.2, 0.25) is 0 Å². The molecule has 0 radical (unpaired) electrons. The Balaban J connectivity index is 3.69. The topological polar surface area (TPSA) is 70.5 Å². The van der Waals surface area contributed by atoms with Crippen molar-refractivity contribution in [3.63, 3.8) is 0 Å². The third-order valence-corrected chi connectivity index (χ3v) is 3.25. The van der Waals surface area contributed by atoms with Crippen molar-refractivity contribution in [2.75, 3.05) is 19.7 Å². The van der Waals surface area contributed by atoms with Gasteiger partial charge < -0.3 is 20.3 Å². The molecule has 0 rings (SSSR count). The SMILES string of the molecule is CC(CN)O[Si](C)(C)OCCN. The normalized spacial score (nSPS) is 14.8. The minimum absolute atomic E-state index is 0.0736. The third kappa shape index (κ3) is 5.67. The predicted molar refractivity (Wildman–Crippen MR) is 52.1 cm³/mol. The van der Waals surface area contributed by atoms with E-state index in [1.165, 1.54) is 0 Å². The fourth-order valence-corrected chi connectivity index (χ4v) is 2.61. The van der Waals surface area contributed by atoms with Crippen molar-refractivity contribution in [1.82, 2.24) is 0 Å². The maximum absolute atomic E-state index is 5.63. The Bertz CT molecular complexity index is 122. The number of nitrogens with two attached hydrogens (primary N) is 2.